The topological polar surface area (TPSA) is 231 Å². The van der Waals surface area contributed by atoms with Gasteiger partial charge in [0.15, 0.2) is 5.84 Å². The molecule has 2 aromatic heterocycles. The van der Waals surface area contributed by atoms with Crippen molar-refractivity contribution >= 4 is 52.2 Å². The Balaban J connectivity index is 0.000000279. The average molecular weight is 958 g/mol. The molecule has 6 rings (SSSR count). The molecule has 6 aromatic rings. The second-order valence-electron chi connectivity index (χ2n) is 13.3. The summed E-state index contributed by atoms with van der Waals surface area (Å²) in [6.07, 6.45) is -5.38. The molecule has 0 aliphatic carbocycles. The highest BCUT2D eigenvalue weighted by molar-refractivity contribution is 6.31. The van der Waals surface area contributed by atoms with Gasteiger partial charge in [0.1, 0.15) is 40.5 Å². The van der Waals surface area contributed by atoms with Crippen LogP contribution >= 0.6 is 23.2 Å². The summed E-state index contributed by atoms with van der Waals surface area (Å²) in [6, 6.07) is 28.5. The number of nitrogens with two attached hydrogens (primary N) is 2. The van der Waals surface area contributed by atoms with Gasteiger partial charge in [-0.2, -0.15) is 31.6 Å². The lowest BCUT2D eigenvalue weighted by molar-refractivity contribution is -0.138. The van der Waals surface area contributed by atoms with Crippen molar-refractivity contribution in [3.8, 4) is 29.1 Å². The third-order valence-corrected chi connectivity index (χ3v) is 9.32. The lowest BCUT2D eigenvalue weighted by Gasteiger charge is -2.12. The summed E-state index contributed by atoms with van der Waals surface area (Å²) in [4.78, 5) is 32.1. The normalized spacial score (nSPS) is 11.1. The number of halogens is 8. The molecule has 66 heavy (non-hydrogen) atoms. The van der Waals surface area contributed by atoms with Gasteiger partial charge in [0.2, 0.25) is 11.8 Å². The molecule has 0 fully saturated rings. The molecule has 0 atom stereocenters. The van der Waals surface area contributed by atoms with Gasteiger partial charge in [-0.3, -0.25) is 14.6 Å². The molecule has 344 valence electrons. The van der Waals surface area contributed by atoms with E-state index in [0.717, 1.165) is 35.4 Å². The number of rotatable bonds is 13. The summed E-state index contributed by atoms with van der Waals surface area (Å²) in [5.41, 5.74) is 5.71. The van der Waals surface area contributed by atoms with Crippen LogP contribution in [-0.4, -0.2) is 38.0 Å². The Morgan fingerprint density at radius 3 is 1.48 bits per heavy atom. The predicted molar refractivity (Wildman–Crippen MR) is 232 cm³/mol. The number of anilines is 2. The summed E-state index contributed by atoms with van der Waals surface area (Å²) < 4.78 is 89.0. The Labute approximate surface area is 382 Å². The van der Waals surface area contributed by atoms with E-state index in [0.29, 0.717) is 35.8 Å². The lowest BCUT2D eigenvalue weighted by atomic mass is 10.1. The van der Waals surface area contributed by atoms with E-state index in [1.54, 1.807) is 60.7 Å². The fourth-order valence-corrected chi connectivity index (χ4v) is 5.97. The highest BCUT2D eigenvalue weighted by Crippen LogP contribution is 2.37. The number of aryl methyl sites for hydroxylation is 2. The standard InChI is InChI=1S/C22H18ClF3N4O3.C22H15ClF3N3O2.H3NO/c23-18-7-4-14(11-17(18)22(24,25)26)29-20(31)8-3-13-1-5-15(6-2-13)33-16-9-10-28-19(12-16)21(27)30-32;23-20-7-4-15(12-19(20)22(24,25)26)29-21(30)8-3-14-1-5-17(6-2-14)31-18-9-10-28-16(11-18)13-27;1-2/h1-2,4-7,9-12,32H,3,8H2,(H2,27,30)(H,29,31);1-2,4-7,9-12H,3,8H2,(H,29,30);2H,1H2. The van der Waals surface area contributed by atoms with Gasteiger partial charge in [0.05, 0.1) is 21.2 Å². The number of aromatic nitrogens is 2. The number of oxime groups is 1. The fraction of sp³-hybridized carbons (Fsp3) is 0.136. The van der Waals surface area contributed by atoms with Crippen molar-refractivity contribution in [1.29, 1.82) is 5.26 Å². The zero-order valence-corrected chi connectivity index (χ0v) is 35.4. The van der Waals surface area contributed by atoms with Gasteiger partial charge in [-0.1, -0.05) is 52.6 Å². The van der Waals surface area contributed by atoms with Crippen LogP contribution in [0, 0.1) is 11.3 Å². The Morgan fingerprint density at radius 1 is 0.652 bits per heavy atom. The zero-order chi connectivity index (χ0) is 48.4. The maximum Gasteiger partial charge on any atom is 0.417 e. The number of carbonyl (C=O) groups is 2. The molecular weight excluding hydrogens is 921 g/mol. The Morgan fingerprint density at radius 2 is 1.08 bits per heavy atom. The summed E-state index contributed by atoms with van der Waals surface area (Å²) >= 11 is 11.2. The third kappa shape index (κ3) is 16.0. The second-order valence-corrected chi connectivity index (χ2v) is 14.1. The average Bonchev–Trinajstić information content (AvgIpc) is 3.30. The van der Waals surface area contributed by atoms with Gasteiger partial charge >= 0.3 is 12.4 Å². The van der Waals surface area contributed by atoms with Gasteiger partial charge in [0.25, 0.3) is 0 Å². The van der Waals surface area contributed by atoms with Crippen LogP contribution in [0.5, 0.6) is 23.0 Å². The van der Waals surface area contributed by atoms with E-state index in [1.807, 2.05) is 6.07 Å². The van der Waals surface area contributed by atoms with Crippen molar-refractivity contribution in [1.82, 2.24) is 9.97 Å². The molecule has 4 aromatic carbocycles. The van der Waals surface area contributed by atoms with E-state index in [1.165, 1.54) is 36.7 Å². The van der Waals surface area contributed by atoms with E-state index >= 15 is 0 Å². The van der Waals surface area contributed by atoms with Gasteiger partial charge in [-0.25, -0.2) is 10.9 Å². The lowest BCUT2D eigenvalue weighted by Crippen LogP contribution is -2.14. The minimum Gasteiger partial charge on any atom is -0.457 e. The number of nitriles is 1. The minimum absolute atomic E-state index is 0.0177. The number of pyridine rings is 2. The van der Waals surface area contributed by atoms with Crippen LogP contribution in [0.4, 0.5) is 37.7 Å². The first-order valence-corrected chi connectivity index (χ1v) is 19.6. The molecule has 2 amide bonds. The quantitative estimate of drug-likeness (QED) is 0.0210. The van der Waals surface area contributed by atoms with Crippen LogP contribution in [0.15, 0.2) is 127 Å². The van der Waals surface area contributed by atoms with E-state index in [-0.39, 0.29) is 41.4 Å². The monoisotopic (exact) mass is 956 g/mol. The van der Waals surface area contributed by atoms with E-state index < -0.39 is 45.3 Å². The molecule has 0 saturated heterocycles. The van der Waals surface area contributed by atoms with Crippen LogP contribution in [0.3, 0.4) is 0 Å². The Kier molecular flexibility index (Phi) is 18.6. The smallest absolute Gasteiger partial charge is 0.417 e. The first kappa shape index (κ1) is 51.2. The molecule has 8 N–H and O–H groups in total. The summed E-state index contributed by atoms with van der Waals surface area (Å²) in [5, 5.41) is 31.0. The number of benzene rings is 4. The van der Waals surface area contributed by atoms with Crippen LogP contribution < -0.4 is 31.7 Å². The second kappa shape index (κ2) is 24.0. The van der Waals surface area contributed by atoms with Crippen LogP contribution in [0.2, 0.25) is 10.0 Å². The Hall–Kier alpha value is -7.44. The first-order chi connectivity index (χ1) is 31.4. The predicted octanol–water partition coefficient (Wildman–Crippen LogP) is 10.5. The molecule has 0 saturated carbocycles. The number of hydrogen-bond donors (Lipinski definition) is 6. The molecule has 0 aliphatic heterocycles. The van der Waals surface area contributed by atoms with Crippen LogP contribution in [-0.2, 0) is 34.8 Å². The van der Waals surface area contributed by atoms with Crippen LogP contribution in [0.25, 0.3) is 0 Å². The zero-order valence-electron chi connectivity index (χ0n) is 33.9. The fourth-order valence-electron chi connectivity index (χ4n) is 5.53. The molecule has 0 bridgehead atoms. The minimum atomic E-state index is -4.61. The van der Waals surface area contributed by atoms with E-state index in [4.69, 9.17) is 54.1 Å². The number of ether oxygens (including phenoxy) is 2. The van der Waals surface area contributed by atoms with E-state index in [9.17, 15) is 35.9 Å². The van der Waals surface area contributed by atoms with Gasteiger partial charge in [0, 0.05) is 48.7 Å². The number of amidine groups is 1. The number of hydrogen-bond acceptors (Lipinski definition) is 11. The van der Waals surface area contributed by atoms with Gasteiger partial charge < -0.3 is 36.3 Å². The van der Waals surface area contributed by atoms with Crippen molar-refractivity contribution in [2.45, 2.75) is 38.0 Å². The maximum atomic E-state index is 12.9. The van der Waals surface area contributed by atoms with Crippen LogP contribution in [0.1, 0.15) is 46.5 Å². The van der Waals surface area contributed by atoms with E-state index in [2.05, 4.69) is 31.7 Å². The summed E-state index contributed by atoms with van der Waals surface area (Å²) in [5.74, 6) is 4.46. The molecule has 0 radical (unpaired) electrons. The number of nitrogens with one attached hydrogen (secondary N) is 2. The summed E-state index contributed by atoms with van der Waals surface area (Å²) in [7, 11) is 0. The highest BCUT2D eigenvalue weighted by atomic mass is 35.5. The molecule has 0 aliphatic rings. The molecule has 2 heterocycles. The largest absolute Gasteiger partial charge is 0.457 e. The maximum absolute atomic E-state index is 12.9. The number of amides is 2. The number of nitrogens with zero attached hydrogens (tertiary/aromatic N) is 4. The number of alkyl halides is 6. The molecular formula is C44H36Cl2F6N8O6. The third-order valence-electron chi connectivity index (χ3n) is 8.66. The van der Waals surface area contributed by atoms with Gasteiger partial charge in [-0.15, -0.1) is 0 Å². The van der Waals surface area contributed by atoms with Gasteiger partial charge in [-0.05, 0) is 96.8 Å². The van der Waals surface area contributed by atoms with Crippen molar-refractivity contribution in [2.24, 2.45) is 16.8 Å². The van der Waals surface area contributed by atoms with Crippen molar-refractivity contribution in [3.05, 3.63) is 165 Å². The molecule has 22 heteroatoms. The Bertz CT molecular complexity index is 2670. The SMILES string of the molecule is N#Cc1cc(Oc2ccc(CCC(=O)Nc3ccc(Cl)c(C(F)(F)F)c3)cc2)ccn1.NC(=NO)c1cc(Oc2ccc(CCC(=O)Nc3ccc(Cl)c(C(F)(F)F)c3)cc2)ccn1.NO. The van der Waals surface area contributed by atoms with Crippen molar-refractivity contribution < 1.29 is 55.8 Å². The molecule has 0 unspecified atom stereocenters. The highest BCUT2D eigenvalue weighted by Gasteiger charge is 2.34. The molecule has 0 spiro atoms. The first-order valence-electron chi connectivity index (χ1n) is 18.8. The summed E-state index contributed by atoms with van der Waals surface area (Å²) in [6.45, 7) is 0. The van der Waals surface area contributed by atoms with Crippen molar-refractivity contribution in [2.75, 3.05) is 10.6 Å². The van der Waals surface area contributed by atoms with Crippen molar-refractivity contribution in [3.63, 3.8) is 0 Å². The molecule has 14 nitrogen and oxygen atoms in total. The number of carbonyl (C=O) groups excluding carboxylic acids is 2.